The van der Waals surface area contributed by atoms with Gasteiger partial charge < -0.3 is 15.4 Å². The first kappa shape index (κ1) is 10.2. The molecular weight excluding hydrogens is 190 g/mol. The number of ether oxygens (including phenoxy) is 1. The van der Waals surface area contributed by atoms with E-state index in [9.17, 15) is 0 Å². The second kappa shape index (κ2) is 4.49. The van der Waals surface area contributed by atoms with E-state index >= 15 is 0 Å². The van der Waals surface area contributed by atoms with Crippen LogP contribution < -0.4 is 10.6 Å². The van der Waals surface area contributed by atoms with Crippen LogP contribution in [0.15, 0.2) is 18.3 Å². The lowest BCUT2D eigenvalue weighted by Crippen LogP contribution is -2.29. The fourth-order valence-electron chi connectivity index (χ4n) is 1.92. The lowest BCUT2D eigenvalue weighted by Gasteiger charge is -2.23. The van der Waals surface area contributed by atoms with Gasteiger partial charge in [0.2, 0.25) is 0 Å². The first-order chi connectivity index (χ1) is 7.27. The molecule has 1 atom stereocenters. The molecule has 0 bridgehead atoms. The van der Waals surface area contributed by atoms with Gasteiger partial charge in [-0.15, -0.1) is 0 Å². The van der Waals surface area contributed by atoms with Crippen LogP contribution in [-0.4, -0.2) is 31.3 Å². The predicted octanol–water partition coefficient (Wildman–Crippen LogP) is 1.28. The Morgan fingerprint density at radius 3 is 3.20 bits per heavy atom. The molecule has 0 amide bonds. The number of anilines is 2. The van der Waals surface area contributed by atoms with Gasteiger partial charge >= 0.3 is 0 Å². The van der Waals surface area contributed by atoms with E-state index in [4.69, 9.17) is 10.5 Å². The molecule has 1 unspecified atom stereocenters. The number of nitrogens with two attached hydrogens (primary N) is 1. The number of nitrogen functional groups attached to an aromatic ring is 1. The SMILES string of the molecule is CN(CC1CCCO1)c1cccnc1N. The van der Waals surface area contributed by atoms with Crippen molar-refractivity contribution in [2.45, 2.75) is 18.9 Å². The molecule has 1 aliphatic rings. The monoisotopic (exact) mass is 207 g/mol. The number of rotatable bonds is 3. The minimum atomic E-state index is 0.342. The third-order valence-electron chi connectivity index (χ3n) is 2.73. The maximum absolute atomic E-state index is 5.80. The van der Waals surface area contributed by atoms with E-state index in [0.29, 0.717) is 11.9 Å². The van der Waals surface area contributed by atoms with Crippen molar-refractivity contribution in [2.24, 2.45) is 0 Å². The maximum Gasteiger partial charge on any atom is 0.146 e. The Labute approximate surface area is 90.0 Å². The first-order valence-corrected chi connectivity index (χ1v) is 5.30. The van der Waals surface area contributed by atoms with Crippen LogP contribution in [0.25, 0.3) is 0 Å². The highest BCUT2D eigenvalue weighted by molar-refractivity contribution is 5.62. The van der Waals surface area contributed by atoms with Crippen molar-refractivity contribution < 1.29 is 4.74 Å². The van der Waals surface area contributed by atoms with Crippen molar-refractivity contribution in [1.29, 1.82) is 0 Å². The minimum absolute atomic E-state index is 0.342. The molecule has 0 spiro atoms. The normalized spacial score (nSPS) is 20.5. The van der Waals surface area contributed by atoms with Gasteiger partial charge in [0.1, 0.15) is 5.82 Å². The van der Waals surface area contributed by atoms with E-state index in [0.717, 1.165) is 25.3 Å². The number of likely N-dealkylation sites (N-methyl/N-ethyl adjacent to an activating group) is 1. The van der Waals surface area contributed by atoms with E-state index in [1.165, 1.54) is 6.42 Å². The molecule has 0 radical (unpaired) electrons. The van der Waals surface area contributed by atoms with Crippen LogP contribution in [0, 0.1) is 0 Å². The minimum Gasteiger partial charge on any atom is -0.382 e. The van der Waals surface area contributed by atoms with E-state index in [2.05, 4.69) is 9.88 Å². The van der Waals surface area contributed by atoms with Gasteiger partial charge in [-0.2, -0.15) is 0 Å². The van der Waals surface area contributed by atoms with Crippen LogP contribution in [0.3, 0.4) is 0 Å². The van der Waals surface area contributed by atoms with Crippen LogP contribution in [0.1, 0.15) is 12.8 Å². The van der Waals surface area contributed by atoms with E-state index in [-0.39, 0.29) is 0 Å². The summed E-state index contributed by atoms with van der Waals surface area (Å²) in [7, 11) is 2.02. The molecule has 82 valence electrons. The second-order valence-corrected chi connectivity index (χ2v) is 3.92. The largest absolute Gasteiger partial charge is 0.382 e. The molecule has 1 fully saturated rings. The lowest BCUT2D eigenvalue weighted by molar-refractivity contribution is 0.116. The average molecular weight is 207 g/mol. The molecule has 0 aromatic carbocycles. The van der Waals surface area contributed by atoms with Crippen LogP contribution >= 0.6 is 0 Å². The smallest absolute Gasteiger partial charge is 0.146 e. The van der Waals surface area contributed by atoms with Crippen LogP contribution in [-0.2, 0) is 4.74 Å². The molecule has 1 aromatic rings. The van der Waals surface area contributed by atoms with Gasteiger partial charge in [0.15, 0.2) is 0 Å². The Kier molecular flexibility index (Phi) is 3.06. The summed E-state index contributed by atoms with van der Waals surface area (Å²) < 4.78 is 5.58. The Morgan fingerprint density at radius 1 is 1.67 bits per heavy atom. The topological polar surface area (TPSA) is 51.4 Å². The highest BCUT2D eigenvalue weighted by Gasteiger charge is 2.18. The fraction of sp³-hybridized carbons (Fsp3) is 0.545. The second-order valence-electron chi connectivity index (χ2n) is 3.92. The van der Waals surface area contributed by atoms with Gasteiger partial charge in [0.05, 0.1) is 11.8 Å². The van der Waals surface area contributed by atoms with Crippen molar-refractivity contribution in [1.82, 2.24) is 4.98 Å². The summed E-state index contributed by atoms with van der Waals surface area (Å²) in [5.74, 6) is 0.581. The average Bonchev–Trinajstić information content (AvgIpc) is 2.71. The van der Waals surface area contributed by atoms with Crippen LogP contribution in [0.2, 0.25) is 0 Å². The molecular formula is C11H17N3O. The fourth-order valence-corrected chi connectivity index (χ4v) is 1.92. The van der Waals surface area contributed by atoms with E-state index < -0.39 is 0 Å². The Hall–Kier alpha value is -1.29. The molecule has 0 aliphatic carbocycles. The quantitative estimate of drug-likeness (QED) is 0.811. The number of hydrogen-bond acceptors (Lipinski definition) is 4. The highest BCUT2D eigenvalue weighted by Crippen LogP contribution is 2.21. The maximum atomic E-state index is 5.80. The Morgan fingerprint density at radius 2 is 2.53 bits per heavy atom. The lowest BCUT2D eigenvalue weighted by atomic mass is 10.2. The van der Waals surface area contributed by atoms with Crippen LogP contribution in [0.4, 0.5) is 11.5 Å². The number of hydrogen-bond donors (Lipinski definition) is 1. The summed E-state index contributed by atoms with van der Waals surface area (Å²) in [4.78, 5) is 6.18. The van der Waals surface area contributed by atoms with Crippen molar-refractivity contribution in [2.75, 3.05) is 30.8 Å². The van der Waals surface area contributed by atoms with E-state index in [1.807, 2.05) is 19.2 Å². The van der Waals surface area contributed by atoms with Gasteiger partial charge in [0, 0.05) is 26.4 Å². The summed E-state index contributed by atoms with van der Waals surface area (Å²) in [5, 5.41) is 0. The zero-order chi connectivity index (χ0) is 10.7. The summed E-state index contributed by atoms with van der Waals surface area (Å²) in [5.41, 5.74) is 6.78. The molecule has 2 rings (SSSR count). The van der Waals surface area contributed by atoms with Gasteiger partial charge in [0.25, 0.3) is 0 Å². The molecule has 1 aliphatic heterocycles. The van der Waals surface area contributed by atoms with E-state index in [1.54, 1.807) is 6.20 Å². The summed E-state index contributed by atoms with van der Waals surface area (Å²) in [6.07, 6.45) is 4.36. The summed E-state index contributed by atoms with van der Waals surface area (Å²) >= 11 is 0. The van der Waals surface area contributed by atoms with Crippen molar-refractivity contribution >= 4 is 11.5 Å². The third-order valence-corrected chi connectivity index (χ3v) is 2.73. The molecule has 1 saturated heterocycles. The number of nitrogens with zero attached hydrogens (tertiary/aromatic N) is 2. The molecule has 4 nitrogen and oxygen atoms in total. The van der Waals surface area contributed by atoms with Gasteiger partial charge in [-0.3, -0.25) is 0 Å². The molecule has 4 heteroatoms. The molecule has 15 heavy (non-hydrogen) atoms. The number of pyridine rings is 1. The molecule has 1 aromatic heterocycles. The highest BCUT2D eigenvalue weighted by atomic mass is 16.5. The zero-order valence-corrected chi connectivity index (χ0v) is 9.02. The predicted molar refractivity (Wildman–Crippen MR) is 60.9 cm³/mol. The van der Waals surface area contributed by atoms with Gasteiger partial charge in [-0.1, -0.05) is 0 Å². The summed E-state index contributed by atoms with van der Waals surface area (Å²) in [6.45, 7) is 1.77. The van der Waals surface area contributed by atoms with Crippen LogP contribution in [0.5, 0.6) is 0 Å². The summed E-state index contributed by atoms with van der Waals surface area (Å²) in [6, 6.07) is 3.88. The molecule has 2 heterocycles. The van der Waals surface area contributed by atoms with Crippen molar-refractivity contribution in [3.05, 3.63) is 18.3 Å². The number of aromatic nitrogens is 1. The first-order valence-electron chi connectivity index (χ1n) is 5.30. The third kappa shape index (κ3) is 2.39. The van der Waals surface area contributed by atoms with Gasteiger partial charge in [-0.25, -0.2) is 4.98 Å². The standard InChI is InChI=1S/C11H17N3O/c1-14(8-9-4-3-7-15-9)10-5-2-6-13-11(10)12/h2,5-6,9H,3-4,7-8H2,1H3,(H2,12,13). The van der Waals surface area contributed by atoms with Gasteiger partial charge in [-0.05, 0) is 25.0 Å². The molecule has 2 N–H and O–H groups in total. The molecule has 0 saturated carbocycles. The Bertz CT molecular complexity index is 323. The zero-order valence-electron chi connectivity index (χ0n) is 9.02. The van der Waals surface area contributed by atoms with Crippen molar-refractivity contribution in [3.8, 4) is 0 Å². The van der Waals surface area contributed by atoms with Crippen molar-refractivity contribution in [3.63, 3.8) is 0 Å². The Balaban J connectivity index is 2.00.